The maximum atomic E-state index is 12.4. The summed E-state index contributed by atoms with van der Waals surface area (Å²) < 4.78 is 5.81. The van der Waals surface area contributed by atoms with Gasteiger partial charge < -0.3 is 9.73 Å². The molecule has 0 aliphatic carbocycles. The first kappa shape index (κ1) is 18.4. The molecule has 2 aromatic carbocycles. The number of carbonyl (C=O) groups is 1. The van der Waals surface area contributed by atoms with E-state index in [1.54, 1.807) is 23.5 Å². The molecule has 28 heavy (non-hydrogen) atoms. The second-order valence-electron chi connectivity index (χ2n) is 6.67. The average Bonchev–Trinajstić information content (AvgIpc) is 3.30. The fourth-order valence-electron chi connectivity index (χ4n) is 3.08. The van der Waals surface area contributed by atoms with E-state index in [9.17, 15) is 4.79 Å². The lowest BCUT2D eigenvalue weighted by Gasteiger charge is -2.04. The van der Waals surface area contributed by atoms with Gasteiger partial charge in [0.1, 0.15) is 5.52 Å². The van der Waals surface area contributed by atoms with Crippen LogP contribution in [0.25, 0.3) is 11.1 Å². The minimum Gasteiger partial charge on any atom is -0.440 e. The van der Waals surface area contributed by atoms with Crippen LogP contribution >= 0.6 is 11.3 Å². The Morgan fingerprint density at radius 2 is 2.04 bits per heavy atom. The lowest BCUT2D eigenvalue weighted by molar-refractivity contribution is 0.0953. The maximum absolute atomic E-state index is 12.4. The van der Waals surface area contributed by atoms with Crippen molar-refractivity contribution >= 4 is 28.3 Å². The van der Waals surface area contributed by atoms with Gasteiger partial charge in [-0.25, -0.2) is 9.97 Å². The highest BCUT2D eigenvalue weighted by molar-refractivity contribution is 7.09. The predicted octanol–water partition coefficient (Wildman–Crippen LogP) is 4.55. The number of benzene rings is 2. The zero-order valence-corrected chi connectivity index (χ0v) is 16.5. The lowest BCUT2D eigenvalue weighted by Crippen LogP contribution is -2.24. The number of oxazole rings is 1. The number of nitrogens with one attached hydrogen (secondary N) is 1. The third kappa shape index (κ3) is 4.28. The van der Waals surface area contributed by atoms with Crippen LogP contribution in [-0.4, -0.2) is 22.4 Å². The van der Waals surface area contributed by atoms with Crippen molar-refractivity contribution in [2.45, 2.75) is 26.2 Å². The van der Waals surface area contributed by atoms with Gasteiger partial charge in [0.15, 0.2) is 11.5 Å². The van der Waals surface area contributed by atoms with Gasteiger partial charge in [0.2, 0.25) is 0 Å². The first-order chi connectivity index (χ1) is 13.7. The number of nitrogens with zero attached hydrogens (tertiary/aromatic N) is 2. The van der Waals surface area contributed by atoms with Crippen molar-refractivity contribution in [3.63, 3.8) is 0 Å². The van der Waals surface area contributed by atoms with E-state index in [1.165, 1.54) is 4.88 Å². The van der Waals surface area contributed by atoms with E-state index in [-0.39, 0.29) is 5.91 Å². The topological polar surface area (TPSA) is 68.0 Å². The van der Waals surface area contributed by atoms with Crippen molar-refractivity contribution in [2.75, 3.05) is 6.54 Å². The van der Waals surface area contributed by atoms with Gasteiger partial charge in [-0.15, -0.1) is 11.3 Å². The molecular weight excluding hydrogens is 370 g/mol. The summed E-state index contributed by atoms with van der Waals surface area (Å²) in [6, 6.07) is 15.4. The molecule has 1 amide bonds. The molecule has 2 aromatic heterocycles. The van der Waals surface area contributed by atoms with Crippen LogP contribution in [0.4, 0.5) is 0 Å². The van der Waals surface area contributed by atoms with E-state index in [4.69, 9.17) is 4.42 Å². The molecule has 0 spiro atoms. The molecule has 0 saturated heterocycles. The van der Waals surface area contributed by atoms with Crippen molar-refractivity contribution in [3.8, 4) is 0 Å². The molecular formula is C22H21N3O2S. The summed E-state index contributed by atoms with van der Waals surface area (Å²) in [5, 5.41) is 2.98. The van der Waals surface area contributed by atoms with E-state index >= 15 is 0 Å². The van der Waals surface area contributed by atoms with Crippen molar-refractivity contribution in [3.05, 3.63) is 81.6 Å². The molecule has 6 heteroatoms. The molecule has 0 aliphatic rings. The normalized spacial score (nSPS) is 11.0. The Balaban J connectivity index is 1.36. The third-order valence-corrected chi connectivity index (χ3v) is 5.60. The van der Waals surface area contributed by atoms with Crippen LogP contribution in [-0.2, 0) is 12.8 Å². The molecule has 142 valence electrons. The van der Waals surface area contributed by atoms with Crippen molar-refractivity contribution in [1.82, 2.24) is 15.3 Å². The smallest absolute Gasteiger partial charge is 0.251 e. The number of rotatable bonds is 7. The van der Waals surface area contributed by atoms with E-state index in [2.05, 4.69) is 15.3 Å². The van der Waals surface area contributed by atoms with Crippen LogP contribution in [0.15, 0.2) is 58.5 Å². The molecule has 0 atom stereocenters. The Bertz CT molecular complexity index is 1090. The molecule has 4 aromatic rings. The first-order valence-corrected chi connectivity index (χ1v) is 10.2. The van der Waals surface area contributed by atoms with E-state index < -0.39 is 0 Å². The van der Waals surface area contributed by atoms with Gasteiger partial charge in [0.25, 0.3) is 5.91 Å². The molecule has 0 fully saturated rings. The van der Waals surface area contributed by atoms with Gasteiger partial charge in [-0.3, -0.25) is 4.79 Å². The van der Waals surface area contributed by atoms with Crippen molar-refractivity contribution in [1.29, 1.82) is 0 Å². The number of fused-ring (bicyclic) bond motifs is 1. The number of aryl methyl sites for hydroxylation is 2. The molecule has 0 saturated carbocycles. The molecule has 5 nitrogen and oxygen atoms in total. The average molecular weight is 391 g/mol. The first-order valence-electron chi connectivity index (χ1n) is 9.29. The third-order valence-electron chi connectivity index (χ3n) is 4.60. The lowest BCUT2D eigenvalue weighted by atomic mass is 10.1. The summed E-state index contributed by atoms with van der Waals surface area (Å²) in [7, 11) is 0. The van der Waals surface area contributed by atoms with Crippen LogP contribution in [0.1, 0.15) is 38.8 Å². The number of hydrogen-bond acceptors (Lipinski definition) is 5. The second kappa shape index (κ2) is 8.35. The van der Waals surface area contributed by atoms with Gasteiger partial charge in [-0.1, -0.05) is 30.3 Å². The fraction of sp³-hybridized carbons (Fsp3) is 0.227. The largest absolute Gasteiger partial charge is 0.440 e. The molecule has 0 radical (unpaired) electrons. The Hall–Kier alpha value is -2.99. The zero-order chi connectivity index (χ0) is 19.3. The molecule has 0 bridgehead atoms. The predicted molar refractivity (Wildman–Crippen MR) is 111 cm³/mol. The van der Waals surface area contributed by atoms with Gasteiger partial charge in [-0.2, -0.15) is 0 Å². The van der Waals surface area contributed by atoms with Crippen LogP contribution in [0.5, 0.6) is 0 Å². The van der Waals surface area contributed by atoms with Gasteiger partial charge in [-0.05, 0) is 43.5 Å². The fourth-order valence-corrected chi connectivity index (χ4v) is 3.91. The minimum atomic E-state index is -0.0875. The number of amides is 1. The molecule has 0 unspecified atom stereocenters. The summed E-state index contributed by atoms with van der Waals surface area (Å²) >= 11 is 1.67. The highest BCUT2D eigenvalue weighted by Crippen LogP contribution is 2.19. The van der Waals surface area contributed by atoms with Crippen LogP contribution < -0.4 is 5.32 Å². The Morgan fingerprint density at radius 1 is 1.18 bits per heavy atom. The maximum Gasteiger partial charge on any atom is 0.251 e. The van der Waals surface area contributed by atoms with E-state index in [1.807, 2.05) is 48.8 Å². The second-order valence-corrected chi connectivity index (χ2v) is 7.61. The van der Waals surface area contributed by atoms with E-state index in [0.29, 0.717) is 35.5 Å². The summed E-state index contributed by atoms with van der Waals surface area (Å²) in [5.74, 6) is 0.564. The highest BCUT2D eigenvalue weighted by atomic mass is 32.1. The Kier molecular flexibility index (Phi) is 5.48. The molecule has 0 aliphatic heterocycles. The van der Waals surface area contributed by atoms with Crippen molar-refractivity contribution < 1.29 is 9.21 Å². The molecule has 1 N–H and O–H groups in total. The van der Waals surface area contributed by atoms with Gasteiger partial charge >= 0.3 is 0 Å². The van der Waals surface area contributed by atoms with Gasteiger partial charge in [0, 0.05) is 23.4 Å². The zero-order valence-electron chi connectivity index (χ0n) is 15.6. The van der Waals surface area contributed by atoms with Gasteiger partial charge in [0.05, 0.1) is 11.2 Å². The summed E-state index contributed by atoms with van der Waals surface area (Å²) in [5.41, 5.74) is 6.09. The molecule has 4 rings (SSSR count). The van der Waals surface area contributed by atoms with Crippen LogP contribution in [0, 0.1) is 6.92 Å². The van der Waals surface area contributed by atoms with Crippen molar-refractivity contribution in [2.24, 2.45) is 0 Å². The van der Waals surface area contributed by atoms with Crippen LogP contribution in [0.3, 0.4) is 0 Å². The Labute approximate surface area is 167 Å². The summed E-state index contributed by atoms with van der Waals surface area (Å²) in [6.45, 7) is 2.65. The van der Waals surface area contributed by atoms with E-state index in [0.717, 1.165) is 24.1 Å². The number of thiazole rings is 1. The summed E-state index contributed by atoms with van der Waals surface area (Å²) in [6.07, 6.45) is 2.46. The highest BCUT2D eigenvalue weighted by Gasteiger charge is 2.11. The minimum absolute atomic E-state index is 0.0875. The number of aromatic nitrogens is 2. The standard InChI is InChI=1S/C22H21N3O2S/c1-15-20(28-14-24-15)8-5-11-23-22(26)17-9-10-19-18(13-17)25-21(27-19)12-16-6-3-2-4-7-16/h2-4,6-7,9-10,13-14H,5,8,11-12H2,1H3,(H,23,26). The SMILES string of the molecule is Cc1ncsc1CCCNC(=O)c1ccc2oc(Cc3ccccc3)nc2c1. The quantitative estimate of drug-likeness (QED) is 0.470. The van der Waals surface area contributed by atoms with Crippen LogP contribution in [0.2, 0.25) is 0 Å². The summed E-state index contributed by atoms with van der Waals surface area (Å²) in [4.78, 5) is 22.5. The Morgan fingerprint density at radius 3 is 2.82 bits per heavy atom. The number of hydrogen-bond donors (Lipinski definition) is 1. The molecule has 2 heterocycles. The number of carbonyl (C=O) groups excluding carboxylic acids is 1. The monoisotopic (exact) mass is 391 g/mol.